The molecule has 0 amide bonds. The molecule has 2 atom stereocenters. The molecule has 1 aliphatic carbocycles. The molecule has 0 radical (unpaired) electrons. The largest absolute Gasteiger partial charge is 0.0773 e. The Morgan fingerprint density at radius 2 is 2.00 bits per heavy atom. The minimum atomic E-state index is 0.648. The Bertz CT molecular complexity index is 278. The van der Waals surface area contributed by atoms with Gasteiger partial charge in [0.1, 0.15) is 0 Å². The van der Waals surface area contributed by atoms with E-state index < -0.39 is 0 Å². The molecule has 0 saturated carbocycles. The van der Waals surface area contributed by atoms with E-state index in [1.165, 1.54) is 19.3 Å². The molecule has 0 bridgehead atoms. The first kappa shape index (κ1) is 12.3. The fourth-order valence-electron chi connectivity index (χ4n) is 2.43. The van der Waals surface area contributed by atoms with Crippen LogP contribution in [0.3, 0.4) is 0 Å². The van der Waals surface area contributed by atoms with E-state index in [-0.39, 0.29) is 0 Å². The summed E-state index contributed by atoms with van der Waals surface area (Å²) in [6.45, 7) is 9.19. The first-order chi connectivity index (χ1) is 7.20. The van der Waals surface area contributed by atoms with E-state index in [1.54, 1.807) is 11.1 Å². The van der Waals surface area contributed by atoms with E-state index in [2.05, 4.69) is 52.0 Å². The second-order valence-corrected chi connectivity index (χ2v) is 4.59. The molecule has 0 spiro atoms. The third-order valence-electron chi connectivity index (χ3n) is 3.43. The van der Waals surface area contributed by atoms with Crippen molar-refractivity contribution in [3.8, 4) is 0 Å². The van der Waals surface area contributed by atoms with Crippen molar-refractivity contribution in [2.45, 2.75) is 47.0 Å². The molecule has 0 aliphatic heterocycles. The number of rotatable bonds is 4. The third kappa shape index (κ3) is 3.09. The van der Waals surface area contributed by atoms with Gasteiger partial charge in [0.25, 0.3) is 0 Å². The second-order valence-electron chi connectivity index (χ2n) is 4.59. The molecule has 0 aromatic carbocycles. The summed E-state index contributed by atoms with van der Waals surface area (Å²) >= 11 is 0. The van der Waals surface area contributed by atoms with E-state index in [1.807, 2.05) is 0 Å². The van der Waals surface area contributed by atoms with Gasteiger partial charge in [0.05, 0.1) is 0 Å². The van der Waals surface area contributed by atoms with Crippen molar-refractivity contribution in [3.05, 3.63) is 35.5 Å². The highest BCUT2D eigenvalue weighted by Gasteiger charge is 2.14. The van der Waals surface area contributed by atoms with Gasteiger partial charge in [0, 0.05) is 0 Å². The van der Waals surface area contributed by atoms with Gasteiger partial charge in [-0.05, 0) is 37.2 Å². The van der Waals surface area contributed by atoms with Crippen molar-refractivity contribution in [2.75, 3.05) is 0 Å². The number of allylic oxidation sites excluding steroid dienone is 6. The molecular formula is C15H24. The van der Waals surface area contributed by atoms with Crippen LogP contribution >= 0.6 is 0 Å². The van der Waals surface area contributed by atoms with E-state index in [0.29, 0.717) is 11.8 Å². The van der Waals surface area contributed by atoms with Gasteiger partial charge in [-0.1, -0.05) is 57.1 Å². The monoisotopic (exact) mass is 204 g/mol. The minimum Gasteiger partial charge on any atom is -0.0773 e. The van der Waals surface area contributed by atoms with Gasteiger partial charge >= 0.3 is 0 Å². The average molecular weight is 204 g/mol. The summed E-state index contributed by atoms with van der Waals surface area (Å²) in [5.41, 5.74) is 3.14. The molecular weight excluding hydrogens is 180 g/mol. The molecule has 1 aliphatic rings. The van der Waals surface area contributed by atoms with Crippen molar-refractivity contribution in [3.63, 3.8) is 0 Å². The molecule has 0 fully saturated rings. The summed E-state index contributed by atoms with van der Waals surface area (Å²) in [4.78, 5) is 0. The topological polar surface area (TPSA) is 0 Å². The lowest BCUT2D eigenvalue weighted by Gasteiger charge is -2.19. The molecule has 0 nitrogen and oxygen atoms in total. The Kier molecular flexibility index (Phi) is 4.87. The Morgan fingerprint density at radius 1 is 1.27 bits per heavy atom. The zero-order valence-corrected chi connectivity index (χ0v) is 10.6. The van der Waals surface area contributed by atoms with E-state index in [9.17, 15) is 0 Å². The van der Waals surface area contributed by atoms with Crippen LogP contribution in [0.2, 0.25) is 0 Å². The maximum absolute atomic E-state index is 2.35. The van der Waals surface area contributed by atoms with Crippen LogP contribution in [0.15, 0.2) is 35.5 Å². The Morgan fingerprint density at radius 3 is 2.60 bits per heavy atom. The van der Waals surface area contributed by atoms with Gasteiger partial charge in [-0.15, -0.1) is 0 Å². The van der Waals surface area contributed by atoms with Gasteiger partial charge in [-0.25, -0.2) is 0 Å². The molecule has 2 unspecified atom stereocenters. The highest BCUT2D eigenvalue weighted by atomic mass is 14.2. The van der Waals surface area contributed by atoms with Gasteiger partial charge in [0.2, 0.25) is 0 Å². The Balaban J connectivity index is 2.92. The Hall–Kier alpha value is -0.780. The maximum Gasteiger partial charge on any atom is -0.00196 e. The normalized spacial score (nSPS) is 23.1. The summed E-state index contributed by atoms with van der Waals surface area (Å²) in [5, 5.41) is 0. The van der Waals surface area contributed by atoms with Crippen LogP contribution in [0.4, 0.5) is 0 Å². The Labute approximate surface area is 94.8 Å². The van der Waals surface area contributed by atoms with Crippen LogP contribution < -0.4 is 0 Å². The first-order valence-electron chi connectivity index (χ1n) is 6.26. The third-order valence-corrected chi connectivity index (χ3v) is 3.43. The molecule has 0 aromatic rings. The fraction of sp³-hybridized carbons (Fsp3) is 0.600. The number of hydrogen-bond acceptors (Lipinski definition) is 0. The van der Waals surface area contributed by atoms with Gasteiger partial charge in [-0.2, -0.15) is 0 Å². The SMILES string of the molecule is CCCC(C)C1=C(C)C(CC)C=CC=C1. The predicted molar refractivity (Wildman–Crippen MR) is 68.8 cm³/mol. The standard InChI is InChI=1S/C15H24/c1-5-9-12(3)15-11-8-7-10-14(6-2)13(15)4/h7-8,10-12,14H,5-6,9H2,1-4H3. The molecule has 84 valence electrons. The molecule has 0 N–H and O–H groups in total. The van der Waals surface area contributed by atoms with Crippen LogP contribution in [-0.2, 0) is 0 Å². The molecule has 0 saturated heterocycles. The van der Waals surface area contributed by atoms with Crippen molar-refractivity contribution < 1.29 is 0 Å². The van der Waals surface area contributed by atoms with Crippen LogP contribution in [0.1, 0.15) is 47.0 Å². The summed E-state index contributed by atoms with van der Waals surface area (Å²) in [6, 6.07) is 0. The highest BCUT2D eigenvalue weighted by Crippen LogP contribution is 2.29. The highest BCUT2D eigenvalue weighted by molar-refractivity contribution is 5.35. The summed E-state index contributed by atoms with van der Waals surface area (Å²) in [7, 11) is 0. The van der Waals surface area contributed by atoms with Crippen molar-refractivity contribution in [1.29, 1.82) is 0 Å². The predicted octanol–water partition coefficient (Wildman–Crippen LogP) is 4.89. The van der Waals surface area contributed by atoms with Gasteiger partial charge in [0.15, 0.2) is 0 Å². The molecule has 15 heavy (non-hydrogen) atoms. The summed E-state index contributed by atoms with van der Waals surface area (Å²) < 4.78 is 0. The fourth-order valence-corrected chi connectivity index (χ4v) is 2.43. The van der Waals surface area contributed by atoms with Crippen LogP contribution in [-0.4, -0.2) is 0 Å². The lowest BCUT2D eigenvalue weighted by Crippen LogP contribution is -2.05. The zero-order chi connectivity index (χ0) is 11.3. The summed E-state index contributed by atoms with van der Waals surface area (Å²) in [6.07, 6.45) is 12.8. The van der Waals surface area contributed by atoms with Crippen LogP contribution in [0, 0.1) is 11.8 Å². The van der Waals surface area contributed by atoms with Gasteiger partial charge in [-0.3, -0.25) is 0 Å². The zero-order valence-electron chi connectivity index (χ0n) is 10.6. The van der Waals surface area contributed by atoms with Crippen molar-refractivity contribution in [2.24, 2.45) is 11.8 Å². The first-order valence-corrected chi connectivity index (χ1v) is 6.26. The van der Waals surface area contributed by atoms with Gasteiger partial charge < -0.3 is 0 Å². The molecule has 0 heteroatoms. The minimum absolute atomic E-state index is 0.648. The molecule has 0 heterocycles. The summed E-state index contributed by atoms with van der Waals surface area (Å²) in [5.74, 6) is 1.36. The van der Waals surface area contributed by atoms with E-state index >= 15 is 0 Å². The molecule has 1 rings (SSSR count). The lowest BCUT2D eigenvalue weighted by atomic mass is 9.86. The van der Waals surface area contributed by atoms with Crippen molar-refractivity contribution >= 4 is 0 Å². The lowest BCUT2D eigenvalue weighted by molar-refractivity contribution is 0.594. The van der Waals surface area contributed by atoms with E-state index in [4.69, 9.17) is 0 Å². The quantitative estimate of drug-likeness (QED) is 0.611. The second kappa shape index (κ2) is 5.95. The number of hydrogen-bond donors (Lipinski definition) is 0. The van der Waals surface area contributed by atoms with Crippen molar-refractivity contribution in [1.82, 2.24) is 0 Å². The van der Waals surface area contributed by atoms with Crippen LogP contribution in [0.5, 0.6) is 0 Å². The van der Waals surface area contributed by atoms with Crippen LogP contribution in [0.25, 0.3) is 0 Å². The maximum atomic E-state index is 2.35. The van der Waals surface area contributed by atoms with E-state index in [0.717, 1.165) is 0 Å². The molecule has 0 aromatic heterocycles. The smallest absolute Gasteiger partial charge is 0.00196 e. The average Bonchev–Trinajstić information content (AvgIpc) is 2.40.